The normalized spacial score (nSPS) is 12.2. The highest BCUT2D eigenvalue weighted by atomic mass is 79.9. The van der Waals surface area contributed by atoms with Crippen LogP contribution in [0.2, 0.25) is 0 Å². The number of aromatic nitrogens is 2. The van der Waals surface area contributed by atoms with Gasteiger partial charge < -0.3 is 4.74 Å². The van der Waals surface area contributed by atoms with Crippen LogP contribution in [-0.4, -0.2) is 28.9 Å². The Kier molecular flexibility index (Phi) is 8.36. The highest BCUT2D eigenvalue weighted by molar-refractivity contribution is 9.11. The predicted octanol–water partition coefficient (Wildman–Crippen LogP) is 6.84. The minimum Gasteiger partial charge on any atom is -0.481 e. The molecule has 0 atom stereocenters. The highest BCUT2D eigenvalue weighted by Gasteiger charge is 2.28. The van der Waals surface area contributed by atoms with Crippen LogP contribution in [0.25, 0.3) is 11.3 Å². The van der Waals surface area contributed by atoms with E-state index in [4.69, 9.17) is 4.74 Å². The van der Waals surface area contributed by atoms with Crippen molar-refractivity contribution in [2.75, 3.05) is 6.61 Å². The van der Waals surface area contributed by atoms with Gasteiger partial charge in [-0.15, -0.1) is 0 Å². The van der Waals surface area contributed by atoms with E-state index in [-0.39, 0.29) is 23.3 Å². The number of benzene rings is 2. The van der Waals surface area contributed by atoms with Crippen molar-refractivity contribution in [2.24, 2.45) is 10.5 Å². The summed E-state index contributed by atoms with van der Waals surface area (Å²) in [5.74, 6) is 0.215. The molecule has 1 amide bonds. The third-order valence-corrected chi connectivity index (χ3v) is 6.40. The smallest absolute Gasteiger partial charge is 0.277 e. The van der Waals surface area contributed by atoms with Gasteiger partial charge in [-0.05, 0) is 66.8 Å². The molecule has 180 valence electrons. The number of nitrogens with zero attached hydrogens (tertiary/aromatic N) is 2. The number of carbonyl (C=O) groups is 1. The number of nitrogens with one attached hydrogen (secondary N) is 2. The summed E-state index contributed by atoms with van der Waals surface area (Å²) in [6.45, 7) is 11.0. The van der Waals surface area contributed by atoms with Gasteiger partial charge in [-0.25, -0.2) is 5.43 Å². The van der Waals surface area contributed by atoms with Gasteiger partial charge in [0.15, 0.2) is 6.61 Å². The first-order valence-corrected chi connectivity index (χ1v) is 12.6. The van der Waals surface area contributed by atoms with Gasteiger partial charge in [0, 0.05) is 11.1 Å². The fraction of sp³-hybridized carbons (Fsp3) is 0.346. The molecule has 1 heterocycles. The summed E-state index contributed by atoms with van der Waals surface area (Å²) in [7, 11) is 0. The first kappa shape index (κ1) is 26.2. The molecule has 1 aromatic heterocycles. The number of halogens is 2. The van der Waals surface area contributed by atoms with Gasteiger partial charge in [-0.1, -0.05) is 65.0 Å². The minimum absolute atomic E-state index is 0.0143. The van der Waals surface area contributed by atoms with Crippen molar-refractivity contribution in [2.45, 2.75) is 46.5 Å². The third kappa shape index (κ3) is 7.03. The Labute approximate surface area is 217 Å². The molecule has 0 bridgehead atoms. The Morgan fingerprint density at radius 3 is 2.38 bits per heavy atom. The lowest BCUT2D eigenvalue weighted by Crippen LogP contribution is -2.26. The summed E-state index contributed by atoms with van der Waals surface area (Å²) in [6.07, 6.45) is 4.25. The summed E-state index contributed by atoms with van der Waals surface area (Å²) in [5, 5.41) is 11.1. The number of H-pyrrole nitrogens is 1. The maximum Gasteiger partial charge on any atom is 0.277 e. The molecule has 0 aliphatic rings. The van der Waals surface area contributed by atoms with E-state index in [1.54, 1.807) is 12.4 Å². The van der Waals surface area contributed by atoms with Gasteiger partial charge in [0.2, 0.25) is 0 Å². The molecule has 34 heavy (non-hydrogen) atoms. The molecule has 0 spiro atoms. The van der Waals surface area contributed by atoms with Crippen molar-refractivity contribution in [3.05, 3.63) is 68.7 Å². The standard InChI is InChI=1S/C26H30Br2N4O2/c1-25(2,3)16-26(4,5)19-11-20(27)24(21(28)12-19)34-15-22(33)31-29-13-18-14-30-32-23(18)17-9-7-6-8-10-17/h6-14H,15-16H2,1-5H3,(H,30,32)(H,31,33)/b29-13+. The van der Waals surface area contributed by atoms with Gasteiger partial charge in [0.25, 0.3) is 5.91 Å². The van der Waals surface area contributed by atoms with Crippen LogP contribution in [0.1, 0.15) is 52.2 Å². The monoisotopic (exact) mass is 588 g/mol. The number of hydrogen-bond acceptors (Lipinski definition) is 4. The van der Waals surface area contributed by atoms with Crippen molar-refractivity contribution in [3.63, 3.8) is 0 Å². The third-order valence-electron chi connectivity index (χ3n) is 5.22. The first-order chi connectivity index (χ1) is 16.0. The number of amides is 1. The van der Waals surface area contributed by atoms with Crippen molar-refractivity contribution in [3.8, 4) is 17.0 Å². The number of aromatic amines is 1. The number of hydrazone groups is 1. The Morgan fingerprint density at radius 2 is 1.76 bits per heavy atom. The first-order valence-electron chi connectivity index (χ1n) is 11.0. The predicted molar refractivity (Wildman–Crippen MR) is 144 cm³/mol. The van der Waals surface area contributed by atoms with E-state index in [2.05, 4.69) is 99.3 Å². The zero-order valence-corrected chi connectivity index (χ0v) is 23.2. The van der Waals surface area contributed by atoms with E-state index < -0.39 is 0 Å². The molecule has 0 fully saturated rings. The molecule has 0 aliphatic carbocycles. The van der Waals surface area contributed by atoms with Gasteiger partial charge >= 0.3 is 0 Å². The maximum absolute atomic E-state index is 12.3. The number of hydrogen-bond donors (Lipinski definition) is 2. The number of rotatable bonds is 8. The molecule has 0 saturated heterocycles. The fourth-order valence-electron chi connectivity index (χ4n) is 4.09. The van der Waals surface area contributed by atoms with Gasteiger partial charge in [-0.2, -0.15) is 10.2 Å². The van der Waals surface area contributed by atoms with Crippen LogP contribution in [0.4, 0.5) is 0 Å². The van der Waals surface area contributed by atoms with Gasteiger partial charge in [0.1, 0.15) is 5.75 Å². The average Bonchev–Trinajstić information content (AvgIpc) is 3.20. The van der Waals surface area contributed by atoms with Crippen molar-refractivity contribution in [1.82, 2.24) is 15.6 Å². The summed E-state index contributed by atoms with van der Waals surface area (Å²) < 4.78 is 7.37. The Balaban J connectivity index is 1.61. The molecule has 0 saturated carbocycles. The van der Waals surface area contributed by atoms with E-state index in [0.717, 1.165) is 32.2 Å². The Hall–Kier alpha value is -2.45. The highest BCUT2D eigenvalue weighted by Crippen LogP contribution is 2.42. The maximum atomic E-state index is 12.3. The summed E-state index contributed by atoms with van der Waals surface area (Å²) in [5.41, 5.74) is 6.47. The van der Waals surface area contributed by atoms with Crippen LogP contribution in [0, 0.1) is 5.41 Å². The molecule has 2 aromatic carbocycles. The summed E-state index contributed by atoms with van der Waals surface area (Å²) >= 11 is 7.20. The zero-order valence-electron chi connectivity index (χ0n) is 20.1. The average molecular weight is 590 g/mol. The van der Waals surface area contributed by atoms with Gasteiger partial charge in [-0.3, -0.25) is 9.89 Å². The number of ether oxygens (including phenoxy) is 1. The molecular weight excluding hydrogens is 560 g/mol. The van der Waals surface area contributed by atoms with Crippen LogP contribution in [0.5, 0.6) is 5.75 Å². The second kappa shape index (κ2) is 10.9. The molecule has 2 N–H and O–H groups in total. The lowest BCUT2D eigenvalue weighted by atomic mass is 9.72. The second-order valence-electron chi connectivity index (χ2n) is 10.0. The molecule has 3 aromatic rings. The molecule has 0 aliphatic heterocycles. The van der Waals surface area contributed by atoms with E-state index >= 15 is 0 Å². The SMILES string of the molecule is CC(C)(C)CC(C)(C)c1cc(Br)c(OCC(=O)N/N=C/c2cn[nH]c2-c2ccccc2)c(Br)c1. The lowest BCUT2D eigenvalue weighted by Gasteiger charge is -2.33. The van der Waals surface area contributed by atoms with E-state index in [9.17, 15) is 4.79 Å². The molecular formula is C26H30Br2N4O2. The second-order valence-corrected chi connectivity index (χ2v) is 11.7. The van der Waals surface area contributed by atoms with Crippen LogP contribution in [0.3, 0.4) is 0 Å². The summed E-state index contributed by atoms with van der Waals surface area (Å²) in [4.78, 5) is 12.3. The van der Waals surface area contributed by atoms with Crippen molar-refractivity contribution in [1.29, 1.82) is 0 Å². The Morgan fingerprint density at radius 1 is 1.12 bits per heavy atom. The van der Waals surface area contributed by atoms with E-state index in [1.165, 1.54) is 5.56 Å². The fourth-order valence-corrected chi connectivity index (χ4v) is 5.50. The topological polar surface area (TPSA) is 79.4 Å². The largest absolute Gasteiger partial charge is 0.481 e. The quantitative estimate of drug-likeness (QED) is 0.223. The molecule has 0 unspecified atom stereocenters. The molecule has 6 nitrogen and oxygen atoms in total. The van der Waals surface area contributed by atoms with E-state index in [1.807, 2.05) is 30.3 Å². The van der Waals surface area contributed by atoms with Crippen molar-refractivity contribution < 1.29 is 9.53 Å². The van der Waals surface area contributed by atoms with Gasteiger partial charge in [0.05, 0.1) is 27.1 Å². The van der Waals surface area contributed by atoms with Crippen LogP contribution in [-0.2, 0) is 10.2 Å². The molecule has 3 rings (SSSR count). The lowest BCUT2D eigenvalue weighted by molar-refractivity contribution is -0.123. The zero-order chi connectivity index (χ0) is 24.9. The van der Waals surface area contributed by atoms with Crippen LogP contribution in [0.15, 0.2) is 62.7 Å². The molecule has 0 radical (unpaired) electrons. The Bertz CT molecular complexity index is 1140. The number of carbonyl (C=O) groups excluding carboxylic acids is 1. The van der Waals surface area contributed by atoms with Crippen molar-refractivity contribution >= 4 is 44.0 Å². The molecule has 8 heteroatoms. The van der Waals surface area contributed by atoms with E-state index in [0.29, 0.717) is 5.75 Å². The summed E-state index contributed by atoms with van der Waals surface area (Å²) in [6, 6.07) is 13.9. The van der Waals surface area contributed by atoms with Crippen LogP contribution < -0.4 is 10.2 Å². The minimum atomic E-state index is -0.364. The van der Waals surface area contributed by atoms with Crippen LogP contribution >= 0.6 is 31.9 Å².